The lowest BCUT2D eigenvalue weighted by molar-refractivity contribution is 0.740. The molecule has 5 heteroatoms. The van der Waals surface area contributed by atoms with Crippen LogP contribution in [0, 0.1) is 0 Å². The van der Waals surface area contributed by atoms with Crippen molar-refractivity contribution >= 4 is 11.9 Å². The summed E-state index contributed by atoms with van der Waals surface area (Å²) in [5.74, 6) is 0. The van der Waals surface area contributed by atoms with Gasteiger partial charge in [0.05, 0.1) is 12.6 Å². The minimum absolute atomic E-state index is 0.0841. The van der Waals surface area contributed by atoms with Gasteiger partial charge in [-0.3, -0.25) is 4.99 Å². The van der Waals surface area contributed by atoms with Crippen LogP contribution in [-0.4, -0.2) is 25.3 Å². The number of aliphatic imine (C=N–C) groups is 1. The van der Waals surface area contributed by atoms with Crippen molar-refractivity contribution < 1.29 is 0 Å². The van der Waals surface area contributed by atoms with E-state index in [0.29, 0.717) is 13.1 Å². The van der Waals surface area contributed by atoms with Gasteiger partial charge < -0.3 is 5.32 Å². The molecule has 1 atom stereocenters. The molecule has 0 aromatic heterocycles. The first-order chi connectivity index (χ1) is 7.40. The van der Waals surface area contributed by atoms with E-state index < -0.39 is 0 Å². The number of nitrogens with zero attached hydrogens (tertiary/aromatic N) is 4. The molecule has 2 rings (SSSR count). The number of benzene rings is 1. The number of hydrogen-bond acceptors (Lipinski definition) is 3. The Morgan fingerprint density at radius 1 is 1.53 bits per heavy atom. The molecule has 1 aliphatic heterocycles. The summed E-state index contributed by atoms with van der Waals surface area (Å²) in [6, 6.07) is 8.02. The molecule has 1 heterocycles. The third kappa shape index (κ3) is 2.27. The lowest BCUT2D eigenvalue weighted by atomic mass is 10.2. The number of azide groups is 1. The molecule has 0 amide bonds. The molecule has 0 bridgehead atoms. The van der Waals surface area contributed by atoms with Gasteiger partial charge in [-0.1, -0.05) is 23.3 Å². The molecule has 0 aliphatic carbocycles. The number of benzodiazepines with no additional fused rings is 1. The Morgan fingerprint density at radius 2 is 2.40 bits per heavy atom. The first-order valence-corrected chi connectivity index (χ1v) is 4.76. The summed E-state index contributed by atoms with van der Waals surface area (Å²) in [6.45, 7) is 1.05. The molecule has 1 N–H and O–H groups in total. The fraction of sp³-hybridized carbons (Fsp3) is 0.300. The summed E-state index contributed by atoms with van der Waals surface area (Å²) in [4.78, 5) is 7.03. The highest BCUT2D eigenvalue weighted by atomic mass is 15.1. The van der Waals surface area contributed by atoms with Gasteiger partial charge in [-0.2, -0.15) is 0 Å². The van der Waals surface area contributed by atoms with Crippen LogP contribution in [-0.2, 0) is 0 Å². The number of rotatable bonds is 2. The smallest absolute Gasteiger partial charge is 0.0592 e. The number of hydrogen-bond donors (Lipinski definition) is 1. The lowest BCUT2D eigenvalue weighted by Crippen LogP contribution is -2.25. The van der Waals surface area contributed by atoms with Gasteiger partial charge in [0.25, 0.3) is 0 Å². The predicted molar refractivity (Wildman–Crippen MR) is 60.3 cm³/mol. The molecule has 0 radical (unpaired) electrons. The Balaban J connectivity index is 2.19. The minimum atomic E-state index is 0.0841. The maximum atomic E-state index is 8.25. The first-order valence-electron chi connectivity index (χ1n) is 4.76. The SMILES string of the molecule is [N-]=[N+]=NCC1CN=Cc2ccccc2N1. The monoisotopic (exact) mass is 201 g/mol. The maximum absolute atomic E-state index is 8.25. The maximum Gasteiger partial charge on any atom is 0.0592 e. The second-order valence-corrected chi connectivity index (χ2v) is 3.34. The van der Waals surface area contributed by atoms with Crippen LogP contribution < -0.4 is 5.32 Å². The lowest BCUT2D eigenvalue weighted by Gasteiger charge is -2.14. The highest BCUT2D eigenvalue weighted by Crippen LogP contribution is 2.16. The first kappa shape index (κ1) is 9.55. The van der Waals surface area contributed by atoms with Gasteiger partial charge >= 0.3 is 0 Å². The standard InChI is InChI=1S/C10H11N5/c11-15-13-7-9-6-12-5-8-3-1-2-4-10(8)14-9/h1-5,9,14H,6-7H2. The number of anilines is 1. The molecule has 15 heavy (non-hydrogen) atoms. The zero-order valence-corrected chi connectivity index (χ0v) is 8.17. The molecular formula is C10H11N5. The molecule has 0 saturated carbocycles. The third-order valence-corrected chi connectivity index (χ3v) is 2.24. The number of fused-ring (bicyclic) bond motifs is 1. The van der Waals surface area contributed by atoms with E-state index in [9.17, 15) is 0 Å². The molecular weight excluding hydrogens is 190 g/mol. The van der Waals surface area contributed by atoms with Crippen LogP contribution in [0.4, 0.5) is 5.69 Å². The molecule has 1 aliphatic rings. The zero-order valence-electron chi connectivity index (χ0n) is 8.17. The van der Waals surface area contributed by atoms with Crippen molar-refractivity contribution in [2.24, 2.45) is 10.1 Å². The molecule has 0 spiro atoms. The Kier molecular flexibility index (Phi) is 2.85. The average molecular weight is 201 g/mol. The fourth-order valence-electron chi connectivity index (χ4n) is 1.52. The Morgan fingerprint density at radius 3 is 3.27 bits per heavy atom. The summed E-state index contributed by atoms with van der Waals surface area (Å²) in [6.07, 6.45) is 1.85. The van der Waals surface area contributed by atoms with Crippen molar-refractivity contribution in [3.05, 3.63) is 40.3 Å². The highest BCUT2D eigenvalue weighted by Gasteiger charge is 2.11. The highest BCUT2D eigenvalue weighted by molar-refractivity contribution is 5.88. The normalized spacial score (nSPS) is 18.3. The van der Waals surface area contributed by atoms with Crippen LogP contribution in [0.1, 0.15) is 5.56 Å². The Labute approximate surface area is 87.5 Å². The van der Waals surface area contributed by atoms with Crippen molar-refractivity contribution in [3.63, 3.8) is 0 Å². The van der Waals surface area contributed by atoms with Gasteiger partial charge in [0.15, 0.2) is 0 Å². The van der Waals surface area contributed by atoms with Gasteiger partial charge in [0.1, 0.15) is 0 Å². The molecule has 5 nitrogen and oxygen atoms in total. The van der Waals surface area contributed by atoms with Gasteiger partial charge in [0, 0.05) is 28.9 Å². The van der Waals surface area contributed by atoms with E-state index >= 15 is 0 Å². The summed E-state index contributed by atoms with van der Waals surface area (Å²) in [5, 5.41) is 6.86. The van der Waals surface area contributed by atoms with Crippen LogP contribution in [0.5, 0.6) is 0 Å². The Bertz CT molecular complexity index is 420. The van der Waals surface area contributed by atoms with Gasteiger partial charge in [-0.25, -0.2) is 0 Å². The molecule has 0 saturated heterocycles. The Hall–Kier alpha value is -2.00. The third-order valence-electron chi connectivity index (χ3n) is 2.24. The van der Waals surface area contributed by atoms with Crippen molar-refractivity contribution in [1.29, 1.82) is 0 Å². The van der Waals surface area contributed by atoms with Gasteiger partial charge in [-0.05, 0) is 11.6 Å². The van der Waals surface area contributed by atoms with Gasteiger partial charge in [0.2, 0.25) is 0 Å². The van der Waals surface area contributed by atoms with Crippen LogP contribution in [0.2, 0.25) is 0 Å². The second kappa shape index (κ2) is 4.48. The van der Waals surface area contributed by atoms with Crippen molar-refractivity contribution in [2.45, 2.75) is 6.04 Å². The average Bonchev–Trinajstić information content (AvgIpc) is 2.47. The predicted octanol–water partition coefficient (Wildman–Crippen LogP) is 2.21. The van der Waals surface area contributed by atoms with E-state index in [1.807, 2.05) is 30.5 Å². The molecule has 1 aromatic carbocycles. The van der Waals surface area contributed by atoms with Gasteiger partial charge in [-0.15, -0.1) is 0 Å². The molecule has 1 unspecified atom stereocenters. The van der Waals surface area contributed by atoms with E-state index in [0.717, 1.165) is 11.3 Å². The summed E-state index contributed by atoms with van der Waals surface area (Å²) >= 11 is 0. The van der Waals surface area contributed by atoms with E-state index in [-0.39, 0.29) is 6.04 Å². The largest absolute Gasteiger partial charge is 0.380 e. The van der Waals surface area contributed by atoms with Crippen LogP contribution in [0.15, 0.2) is 34.4 Å². The molecule has 0 fully saturated rings. The topological polar surface area (TPSA) is 73.2 Å². The summed E-state index contributed by atoms with van der Waals surface area (Å²) in [5.41, 5.74) is 10.4. The van der Waals surface area contributed by atoms with E-state index in [2.05, 4.69) is 20.3 Å². The molecule has 76 valence electrons. The summed E-state index contributed by atoms with van der Waals surface area (Å²) in [7, 11) is 0. The van der Waals surface area contributed by atoms with E-state index in [1.165, 1.54) is 0 Å². The van der Waals surface area contributed by atoms with Crippen LogP contribution >= 0.6 is 0 Å². The fourth-order valence-corrected chi connectivity index (χ4v) is 1.52. The van der Waals surface area contributed by atoms with Crippen LogP contribution in [0.25, 0.3) is 10.4 Å². The van der Waals surface area contributed by atoms with E-state index in [1.54, 1.807) is 0 Å². The van der Waals surface area contributed by atoms with Crippen LogP contribution in [0.3, 0.4) is 0 Å². The van der Waals surface area contributed by atoms with Crippen molar-refractivity contribution in [3.8, 4) is 0 Å². The van der Waals surface area contributed by atoms with Crippen molar-refractivity contribution in [1.82, 2.24) is 0 Å². The second-order valence-electron chi connectivity index (χ2n) is 3.34. The van der Waals surface area contributed by atoms with E-state index in [4.69, 9.17) is 5.53 Å². The minimum Gasteiger partial charge on any atom is -0.380 e. The summed E-state index contributed by atoms with van der Waals surface area (Å²) < 4.78 is 0. The van der Waals surface area contributed by atoms with Crippen molar-refractivity contribution in [2.75, 3.05) is 18.4 Å². The zero-order chi connectivity index (χ0) is 10.5. The number of para-hydroxylation sites is 1. The number of nitrogens with one attached hydrogen (secondary N) is 1. The quantitative estimate of drug-likeness (QED) is 0.444. The molecule has 1 aromatic rings.